The minimum absolute atomic E-state index is 1.24. The summed E-state index contributed by atoms with van der Waals surface area (Å²) in [5, 5.41) is -1.64. The van der Waals surface area contributed by atoms with Gasteiger partial charge in [0.05, 0.1) is 0 Å². The molecule has 104 valence electrons. The van der Waals surface area contributed by atoms with Crippen molar-refractivity contribution in [2.24, 2.45) is 0 Å². The van der Waals surface area contributed by atoms with Crippen LogP contribution in [-0.2, 0) is 0 Å². The Morgan fingerprint density at radius 2 is 1.24 bits per heavy atom. The summed E-state index contributed by atoms with van der Waals surface area (Å²) in [5.41, 5.74) is 0. The summed E-state index contributed by atoms with van der Waals surface area (Å²) in [4.78, 5) is 0. The Labute approximate surface area is 117 Å². The fraction of sp³-hybridized carbons (Fsp3) is 0.867. The molecule has 0 heterocycles. The molecule has 0 aliphatic heterocycles. The monoisotopic (exact) mass is 322 g/mol. The van der Waals surface area contributed by atoms with Gasteiger partial charge in [-0.3, -0.25) is 0 Å². The molecule has 0 fully saturated rings. The van der Waals surface area contributed by atoms with Gasteiger partial charge in [-0.1, -0.05) is 0 Å². The van der Waals surface area contributed by atoms with Crippen LogP contribution in [-0.4, -0.2) is 24.6 Å². The standard InChI is InChI=1S/C15H32BrP/c1-5-9-13-17(16,12-8-4,14-10-6-2)15-11-7-3/h8H,4-7,9-15H2,1-3H3. The summed E-state index contributed by atoms with van der Waals surface area (Å²) in [6.07, 6.45) is 15.8. The van der Waals surface area contributed by atoms with Crippen molar-refractivity contribution in [2.45, 2.75) is 59.3 Å². The molecule has 0 aromatic heterocycles. The Hall–Kier alpha value is 0.650. The Kier molecular flexibility index (Phi) is 9.03. The number of halogens is 1. The zero-order valence-electron chi connectivity index (χ0n) is 12.2. The van der Waals surface area contributed by atoms with E-state index in [2.05, 4.69) is 48.9 Å². The second-order valence-corrected chi connectivity index (χ2v) is 16.9. The van der Waals surface area contributed by atoms with E-state index in [4.69, 9.17) is 0 Å². The van der Waals surface area contributed by atoms with Crippen LogP contribution in [0.25, 0.3) is 0 Å². The summed E-state index contributed by atoms with van der Waals surface area (Å²) < 4.78 is 0. The van der Waals surface area contributed by atoms with Gasteiger partial charge in [0.2, 0.25) is 0 Å². The maximum absolute atomic E-state index is 4.32. The first-order chi connectivity index (χ1) is 8.04. The molecular weight excluding hydrogens is 291 g/mol. The molecule has 0 aromatic carbocycles. The number of allylic oxidation sites excluding steroid dienone is 1. The molecule has 0 bridgehead atoms. The molecule has 0 N–H and O–H groups in total. The van der Waals surface area contributed by atoms with Crippen LogP contribution in [0.4, 0.5) is 0 Å². The van der Waals surface area contributed by atoms with E-state index in [-0.39, 0.29) is 0 Å². The second-order valence-electron chi connectivity index (χ2n) is 5.52. The van der Waals surface area contributed by atoms with E-state index in [1.54, 1.807) is 0 Å². The fourth-order valence-electron chi connectivity index (χ4n) is 2.59. The molecule has 0 amide bonds. The molecule has 0 saturated carbocycles. The first-order valence-corrected chi connectivity index (χ1v) is 12.4. The number of hydrogen-bond acceptors (Lipinski definition) is 0. The maximum atomic E-state index is 4.32. The van der Waals surface area contributed by atoms with Gasteiger partial charge in [-0.15, -0.1) is 0 Å². The molecule has 0 rings (SSSR count). The summed E-state index contributed by atoms with van der Waals surface area (Å²) >= 11 is 4.32. The minimum atomic E-state index is -1.64. The van der Waals surface area contributed by atoms with Crippen molar-refractivity contribution in [3.63, 3.8) is 0 Å². The van der Waals surface area contributed by atoms with Gasteiger partial charge >= 0.3 is 117 Å². The van der Waals surface area contributed by atoms with Crippen LogP contribution < -0.4 is 0 Å². The molecule has 0 nitrogen and oxygen atoms in total. The molecule has 0 aromatic rings. The first kappa shape index (κ1) is 17.6. The van der Waals surface area contributed by atoms with Crippen LogP contribution in [0.1, 0.15) is 59.3 Å². The van der Waals surface area contributed by atoms with Gasteiger partial charge in [0.15, 0.2) is 0 Å². The normalized spacial score (nSPS) is 14.2. The topological polar surface area (TPSA) is 0 Å². The van der Waals surface area contributed by atoms with E-state index in [0.29, 0.717) is 0 Å². The first-order valence-electron chi connectivity index (χ1n) is 7.37. The van der Waals surface area contributed by atoms with Gasteiger partial charge in [-0.25, -0.2) is 0 Å². The van der Waals surface area contributed by atoms with Crippen LogP contribution in [0.2, 0.25) is 0 Å². The average Bonchev–Trinajstić information content (AvgIpc) is 2.33. The van der Waals surface area contributed by atoms with Gasteiger partial charge in [0.25, 0.3) is 0 Å². The Bertz CT molecular complexity index is 188. The van der Waals surface area contributed by atoms with Gasteiger partial charge in [-0.2, -0.15) is 0 Å². The quantitative estimate of drug-likeness (QED) is 0.303. The van der Waals surface area contributed by atoms with Crippen molar-refractivity contribution in [3.8, 4) is 0 Å². The van der Waals surface area contributed by atoms with Gasteiger partial charge in [-0.05, 0) is 0 Å². The van der Waals surface area contributed by atoms with E-state index >= 15 is 0 Å². The molecule has 0 radical (unpaired) electrons. The molecule has 0 saturated heterocycles. The van der Waals surface area contributed by atoms with E-state index in [9.17, 15) is 0 Å². The number of hydrogen-bond donors (Lipinski definition) is 0. The number of rotatable bonds is 11. The molecule has 0 spiro atoms. The third kappa shape index (κ3) is 6.39. The van der Waals surface area contributed by atoms with Crippen molar-refractivity contribution in [2.75, 3.05) is 24.6 Å². The van der Waals surface area contributed by atoms with Crippen molar-refractivity contribution in [3.05, 3.63) is 12.7 Å². The van der Waals surface area contributed by atoms with Crippen LogP contribution in [0, 0.1) is 0 Å². The van der Waals surface area contributed by atoms with E-state index in [1.165, 1.54) is 63.2 Å². The van der Waals surface area contributed by atoms with E-state index < -0.39 is 5.31 Å². The SMILES string of the molecule is C=CCP(Br)(CCCC)(CCCC)CCCC. The molecule has 0 aliphatic carbocycles. The predicted molar refractivity (Wildman–Crippen MR) is 90.2 cm³/mol. The molecule has 0 atom stereocenters. The summed E-state index contributed by atoms with van der Waals surface area (Å²) in [6.45, 7) is 10.9. The van der Waals surface area contributed by atoms with Gasteiger partial charge in [0.1, 0.15) is 0 Å². The van der Waals surface area contributed by atoms with Crippen molar-refractivity contribution in [1.29, 1.82) is 0 Å². The molecule has 17 heavy (non-hydrogen) atoms. The zero-order chi connectivity index (χ0) is 13.2. The van der Waals surface area contributed by atoms with Gasteiger partial charge in [0, 0.05) is 0 Å². The Morgan fingerprint density at radius 1 is 0.882 bits per heavy atom. The zero-order valence-corrected chi connectivity index (χ0v) is 14.7. The van der Waals surface area contributed by atoms with E-state index in [1.807, 2.05) is 0 Å². The third-order valence-electron chi connectivity index (χ3n) is 3.80. The van der Waals surface area contributed by atoms with Crippen molar-refractivity contribution in [1.82, 2.24) is 0 Å². The van der Waals surface area contributed by atoms with Crippen molar-refractivity contribution >= 4 is 20.8 Å². The summed E-state index contributed by atoms with van der Waals surface area (Å²) in [7, 11) is 0. The van der Waals surface area contributed by atoms with Crippen LogP contribution in [0.5, 0.6) is 0 Å². The Morgan fingerprint density at radius 3 is 1.47 bits per heavy atom. The average molecular weight is 323 g/mol. The van der Waals surface area contributed by atoms with Crippen LogP contribution in [0.15, 0.2) is 12.7 Å². The van der Waals surface area contributed by atoms with E-state index in [0.717, 1.165) is 0 Å². The summed E-state index contributed by atoms with van der Waals surface area (Å²) in [6, 6.07) is 0. The molecular formula is C15H32BrP. The molecule has 0 aliphatic rings. The van der Waals surface area contributed by atoms with Crippen LogP contribution >= 0.6 is 20.8 Å². The van der Waals surface area contributed by atoms with Crippen molar-refractivity contribution < 1.29 is 0 Å². The van der Waals surface area contributed by atoms with Gasteiger partial charge < -0.3 is 0 Å². The second kappa shape index (κ2) is 8.70. The summed E-state index contributed by atoms with van der Waals surface area (Å²) in [5.74, 6) is 0. The molecule has 0 unspecified atom stereocenters. The fourth-order valence-corrected chi connectivity index (χ4v) is 10.6. The molecule has 2 heteroatoms. The Balaban J connectivity index is 4.82. The number of unbranched alkanes of at least 4 members (excludes halogenated alkanes) is 3. The third-order valence-corrected chi connectivity index (χ3v) is 13.3. The van der Waals surface area contributed by atoms with Crippen LogP contribution in [0.3, 0.4) is 0 Å². The predicted octanol–water partition coefficient (Wildman–Crippen LogP) is 6.44.